The van der Waals surface area contributed by atoms with Crippen molar-refractivity contribution in [3.8, 4) is 0 Å². The maximum absolute atomic E-state index is 13.1. The van der Waals surface area contributed by atoms with Gasteiger partial charge in [-0.05, 0) is 49.9 Å². The molecule has 0 saturated carbocycles. The number of carboxylic acid groups (broad SMARTS) is 1. The minimum atomic E-state index is -3.69. The molecule has 1 fully saturated rings. The van der Waals surface area contributed by atoms with Gasteiger partial charge in [0.15, 0.2) is 0 Å². The van der Waals surface area contributed by atoms with Gasteiger partial charge in [0.25, 0.3) is 5.91 Å². The summed E-state index contributed by atoms with van der Waals surface area (Å²) < 4.78 is 27.7. The van der Waals surface area contributed by atoms with Crippen LogP contribution in [0.15, 0.2) is 47.4 Å². The Hall–Kier alpha value is -2.71. The molecule has 0 spiro atoms. The van der Waals surface area contributed by atoms with E-state index < -0.39 is 27.9 Å². The van der Waals surface area contributed by atoms with E-state index in [2.05, 4.69) is 5.32 Å². The lowest BCUT2D eigenvalue weighted by molar-refractivity contribution is -0.137. The van der Waals surface area contributed by atoms with Crippen LogP contribution in [0.1, 0.15) is 58.8 Å². The first kappa shape index (κ1) is 23.0. The summed E-state index contributed by atoms with van der Waals surface area (Å²) in [6, 6.07) is 11.1. The SMILES string of the molecule is Cc1ccc([C@H](CC(=O)O)NC(=O)c2ccc(C)c(S(=O)(=O)N3CCCCC3)c2)cc1. The van der Waals surface area contributed by atoms with Gasteiger partial charge in [-0.3, -0.25) is 9.59 Å². The van der Waals surface area contributed by atoms with Crippen molar-refractivity contribution in [3.05, 3.63) is 64.7 Å². The van der Waals surface area contributed by atoms with Crippen LogP contribution in [0, 0.1) is 13.8 Å². The maximum Gasteiger partial charge on any atom is 0.305 e. The molecule has 3 rings (SSSR count). The smallest absolute Gasteiger partial charge is 0.305 e. The predicted octanol–water partition coefficient (Wildman–Crippen LogP) is 3.42. The Labute approximate surface area is 183 Å². The average Bonchev–Trinajstić information content (AvgIpc) is 2.74. The van der Waals surface area contributed by atoms with Gasteiger partial charge in [0.2, 0.25) is 10.0 Å². The highest BCUT2D eigenvalue weighted by atomic mass is 32.2. The van der Waals surface area contributed by atoms with E-state index in [9.17, 15) is 23.1 Å². The number of sulfonamides is 1. The molecule has 7 nitrogen and oxygen atoms in total. The largest absolute Gasteiger partial charge is 0.481 e. The molecule has 1 saturated heterocycles. The molecule has 31 heavy (non-hydrogen) atoms. The topological polar surface area (TPSA) is 104 Å². The number of piperidine rings is 1. The molecule has 1 aliphatic heterocycles. The van der Waals surface area contributed by atoms with E-state index in [4.69, 9.17) is 0 Å². The second-order valence-electron chi connectivity index (χ2n) is 7.98. The Morgan fingerprint density at radius 1 is 1.03 bits per heavy atom. The Kier molecular flexibility index (Phi) is 7.12. The van der Waals surface area contributed by atoms with Gasteiger partial charge in [0.1, 0.15) is 0 Å². The minimum Gasteiger partial charge on any atom is -0.481 e. The summed E-state index contributed by atoms with van der Waals surface area (Å²) in [6.45, 7) is 4.59. The second kappa shape index (κ2) is 9.62. The number of hydrogen-bond acceptors (Lipinski definition) is 4. The van der Waals surface area contributed by atoms with Gasteiger partial charge in [0.05, 0.1) is 17.4 Å². The Morgan fingerprint density at radius 3 is 2.29 bits per heavy atom. The Morgan fingerprint density at radius 2 is 1.68 bits per heavy atom. The fourth-order valence-electron chi connectivity index (χ4n) is 3.73. The van der Waals surface area contributed by atoms with E-state index >= 15 is 0 Å². The first-order valence-electron chi connectivity index (χ1n) is 10.4. The molecule has 0 radical (unpaired) electrons. The third kappa shape index (κ3) is 5.51. The van der Waals surface area contributed by atoms with Crippen molar-refractivity contribution in [2.45, 2.75) is 50.5 Å². The molecule has 166 valence electrons. The number of benzene rings is 2. The average molecular weight is 445 g/mol. The monoisotopic (exact) mass is 444 g/mol. The quantitative estimate of drug-likeness (QED) is 0.681. The molecular formula is C23H28N2O5S. The van der Waals surface area contributed by atoms with Crippen molar-refractivity contribution in [1.29, 1.82) is 0 Å². The van der Waals surface area contributed by atoms with Crippen LogP contribution in [-0.2, 0) is 14.8 Å². The summed E-state index contributed by atoms with van der Waals surface area (Å²) in [6.07, 6.45) is 2.38. The van der Waals surface area contributed by atoms with Gasteiger partial charge in [-0.1, -0.05) is 42.3 Å². The number of aliphatic carboxylic acids is 1. The van der Waals surface area contributed by atoms with Gasteiger partial charge in [0, 0.05) is 18.7 Å². The van der Waals surface area contributed by atoms with E-state index in [1.807, 2.05) is 19.1 Å². The number of carbonyl (C=O) groups excluding carboxylic acids is 1. The normalized spacial score (nSPS) is 15.9. The Bertz CT molecular complexity index is 1060. The van der Waals surface area contributed by atoms with Crippen LogP contribution in [-0.4, -0.2) is 42.8 Å². The molecular weight excluding hydrogens is 416 g/mol. The van der Waals surface area contributed by atoms with E-state index in [1.165, 1.54) is 10.4 Å². The number of rotatable bonds is 7. The van der Waals surface area contributed by atoms with Crippen LogP contribution >= 0.6 is 0 Å². The fraction of sp³-hybridized carbons (Fsp3) is 0.391. The van der Waals surface area contributed by atoms with Crippen LogP contribution < -0.4 is 5.32 Å². The summed E-state index contributed by atoms with van der Waals surface area (Å²) >= 11 is 0. The van der Waals surface area contributed by atoms with Crippen molar-refractivity contribution in [1.82, 2.24) is 9.62 Å². The number of carbonyl (C=O) groups is 2. The molecule has 0 unspecified atom stereocenters. The van der Waals surface area contributed by atoms with Crippen molar-refractivity contribution in [2.24, 2.45) is 0 Å². The summed E-state index contributed by atoms with van der Waals surface area (Å²) in [7, 11) is -3.69. The number of amides is 1. The summed E-state index contributed by atoms with van der Waals surface area (Å²) in [4.78, 5) is 24.4. The van der Waals surface area contributed by atoms with Crippen molar-refractivity contribution in [3.63, 3.8) is 0 Å². The summed E-state index contributed by atoms with van der Waals surface area (Å²) in [5, 5.41) is 12.0. The van der Waals surface area contributed by atoms with Crippen LogP contribution in [0.4, 0.5) is 0 Å². The van der Waals surface area contributed by atoms with Crippen molar-refractivity contribution >= 4 is 21.9 Å². The van der Waals surface area contributed by atoms with Crippen LogP contribution in [0.5, 0.6) is 0 Å². The van der Waals surface area contributed by atoms with E-state index in [0.717, 1.165) is 24.8 Å². The predicted molar refractivity (Wildman–Crippen MR) is 117 cm³/mol. The van der Waals surface area contributed by atoms with Crippen molar-refractivity contribution < 1.29 is 23.1 Å². The maximum atomic E-state index is 13.1. The van der Waals surface area contributed by atoms with E-state index in [0.29, 0.717) is 24.2 Å². The van der Waals surface area contributed by atoms with Crippen LogP contribution in [0.2, 0.25) is 0 Å². The third-order valence-electron chi connectivity index (χ3n) is 5.55. The molecule has 0 aromatic heterocycles. The zero-order valence-electron chi connectivity index (χ0n) is 17.8. The van der Waals surface area contributed by atoms with Gasteiger partial charge in [-0.2, -0.15) is 4.31 Å². The Balaban J connectivity index is 1.87. The lowest BCUT2D eigenvalue weighted by Crippen LogP contribution is -2.36. The zero-order chi connectivity index (χ0) is 22.6. The highest BCUT2D eigenvalue weighted by Gasteiger charge is 2.28. The minimum absolute atomic E-state index is 0.118. The van der Waals surface area contributed by atoms with Gasteiger partial charge in [-0.25, -0.2) is 8.42 Å². The molecule has 1 atom stereocenters. The second-order valence-corrected chi connectivity index (χ2v) is 9.89. The van der Waals surface area contributed by atoms with Gasteiger partial charge < -0.3 is 10.4 Å². The first-order valence-corrected chi connectivity index (χ1v) is 11.8. The molecule has 1 heterocycles. The molecule has 2 aromatic rings. The van der Waals surface area contributed by atoms with E-state index in [-0.39, 0.29) is 16.9 Å². The fourth-order valence-corrected chi connectivity index (χ4v) is 5.50. The molecule has 0 aliphatic carbocycles. The van der Waals surface area contributed by atoms with Crippen LogP contribution in [0.25, 0.3) is 0 Å². The van der Waals surface area contributed by atoms with Gasteiger partial charge in [-0.15, -0.1) is 0 Å². The first-order chi connectivity index (χ1) is 14.7. The molecule has 1 amide bonds. The summed E-state index contributed by atoms with van der Waals surface area (Å²) in [5.74, 6) is -1.55. The molecule has 8 heteroatoms. The molecule has 0 bridgehead atoms. The third-order valence-corrected chi connectivity index (χ3v) is 7.59. The van der Waals surface area contributed by atoms with E-state index in [1.54, 1.807) is 31.2 Å². The highest BCUT2D eigenvalue weighted by Crippen LogP contribution is 2.25. The lowest BCUT2D eigenvalue weighted by Gasteiger charge is -2.26. The van der Waals surface area contributed by atoms with Crippen LogP contribution in [0.3, 0.4) is 0 Å². The zero-order valence-corrected chi connectivity index (χ0v) is 18.6. The standard InChI is InChI=1S/C23H28N2O5S/c1-16-6-9-18(10-7-16)20(15-22(26)27)24-23(28)19-11-8-17(2)21(14-19)31(29,30)25-12-4-3-5-13-25/h6-11,14,20H,3-5,12-13,15H2,1-2H3,(H,24,28)(H,26,27)/t20-/m0/s1. The molecule has 2 aromatic carbocycles. The number of hydrogen-bond donors (Lipinski definition) is 2. The number of nitrogens with zero attached hydrogens (tertiary/aromatic N) is 1. The number of aryl methyl sites for hydroxylation is 2. The van der Waals surface area contributed by atoms with Gasteiger partial charge >= 0.3 is 5.97 Å². The highest BCUT2D eigenvalue weighted by molar-refractivity contribution is 7.89. The lowest BCUT2D eigenvalue weighted by atomic mass is 10.0. The van der Waals surface area contributed by atoms with Crippen molar-refractivity contribution in [2.75, 3.05) is 13.1 Å². The molecule has 1 aliphatic rings. The molecule has 2 N–H and O–H groups in total. The summed E-state index contributed by atoms with van der Waals surface area (Å²) in [5.41, 5.74) is 2.45. The number of nitrogens with one attached hydrogen (secondary N) is 1. The number of carboxylic acids is 1.